The van der Waals surface area contributed by atoms with Crippen LogP contribution in [0, 0.1) is 6.92 Å². The maximum absolute atomic E-state index is 13.2. The Morgan fingerprint density at radius 2 is 1.79 bits per heavy atom. The molecule has 1 aliphatic rings. The van der Waals surface area contributed by atoms with Crippen molar-refractivity contribution in [3.05, 3.63) is 52.9 Å². The normalized spacial score (nSPS) is 15.9. The number of rotatable bonds is 4. The summed E-state index contributed by atoms with van der Waals surface area (Å²) >= 11 is 0. The Hall–Kier alpha value is -2.67. The van der Waals surface area contributed by atoms with Gasteiger partial charge in [0.1, 0.15) is 23.1 Å². The molecule has 1 fully saturated rings. The number of morpholine rings is 1. The summed E-state index contributed by atoms with van der Waals surface area (Å²) < 4.78 is 10.6. The number of amides is 2. The van der Waals surface area contributed by atoms with E-state index >= 15 is 0 Å². The van der Waals surface area contributed by atoms with Gasteiger partial charge in [-0.3, -0.25) is 9.59 Å². The van der Waals surface area contributed by atoms with Gasteiger partial charge in [-0.15, -0.1) is 0 Å². The van der Waals surface area contributed by atoms with Gasteiger partial charge in [0.2, 0.25) is 5.91 Å². The standard InChI is InChI=1S/C21H27N3O4/c1-14-16(18(23-28-14)21(2,3)4)19(25)22-17(15-8-6-5-7-9-15)20(26)24-10-12-27-13-11-24/h5-9,17H,10-13H2,1-4H3,(H,22,25). The molecule has 0 spiro atoms. The second-order valence-corrected chi connectivity index (χ2v) is 7.97. The molecule has 2 amide bonds. The molecule has 2 heterocycles. The van der Waals surface area contributed by atoms with Crippen molar-refractivity contribution in [2.45, 2.75) is 39.2 Å². The molecule has 7 heteroatoms. The van der Waals surface area contributed by atoms with Gasteiger partial charge in [-0.2, -0.15) is 0 Å². The molecule has 0 saturated carbocycles. The first kappa shape index (κ1) is 20.1. The average molecular weight is 385 g/mol. The largest absolute Gasteiger partial charge is 0.378 e. The summed E-state index contributed by atoms with van der Waals surface area (Å²) in [6.45, 7) is 9.63. The number of ether oxygens (including phenoxy) is 1. The van der Waals surface area contributed by atoms with Gasteiger partial charge in [-0.05, 0) is 12.5 Å². The third-order valence-electron chi connectivity index (χ3n) is 4.78. The van der Waals surface area contributed by atoms with Crippen LogP contribution in [0.5, 0.6) is 0 Å². The molecule has 3 rings (SSSR count). The lowest BCUT2D eigenvalue weighted by molar-refractivity contribution is -0.137. The SMILES string of the molecule is Cc1onc(C(C)(C)C)c1C(=O)NC(C(=O)N1CCOCC1)c1ccccc1. The third-order valence-corrected chi connectivity index (χ3v) is 4.78. The van der Waals surface area contributed by atoms with E-state index in [0.717, 1.165) is 5.56 Å². The van der Waals surface area contributed by atoms with Gasteiger partial charge < -0.3 is 19.5 Å². The molecule has 1 aromatic heterocycles. The highest BCUT2D eigenvalue weighted by Gasteiger charge is 2.33. The monoisotopic (exact) mass is 385 g/mol. The second kappa shape index (κ2) is 8.14. The second-order valence-electron chi connectivity index (χ2n) is 7.97. The van der Waals surface area contributed by atoms with Crippen molar-refractivity contribution in [1.82, 2.24) is 15.4 Å². The molecular weight excluding hydrogens is 358 g/mol. The number of aromatic nitrogens is 1. The minimum atomic E-state index is -0.783. The van der Waals surface area contributed by atoms with Gasteiger partial charge in [-0.1, -0.05) is 56.3 Å². The Bertz CT molecular complexity index is 833. The first-order valence-corrected chi connectivity index (χ1v) is 9.48. The van der Waals surface area contributed by atoms with E-state index in [4.69, 9.17) is 9.26 Å². The zero-order chi connectivity index (χ0) is 20.3. The van der Waals surface area contributed by atoms with Crippen LogP contribution in [0.2, 0.25) is 0 Å². The van der Waals surface area contributed by atoms with Crippen LogP contribution in [0.15, 0.2) is 34.9 Å². The van der Waals surface area contributed by atoms with Crippen molar-refractivity contribution in [2.75, 3.05) is 26.3 Å². The topological polar surface area (TPSA) is 84.7 Å². The Morgan fingerprint density at radius 3 is 2.39 bits per heavy atom. The summed E-state index contributed by atoms with van der Waals surface area (Å²) in [5, 5.41) is 6.99. The summed E-state index contributed by atoms with van der Waals surface area (Å²) in [6, 6.07) is 8.49. The molecule has 1 aliphatic heterocycles. The van der Waals surface area contributed by atoms with Crippen molar-refractivity contribution in [3.63, 3.8) is 0 Å². The molecular formula is C21H27N3O4. The van der Waals surface area contributed by atoms with Crippen molar-refractivity contribution < 1.29 is 18.8 Å². The highest BCUT2D eigenvalue weighted by atomic mass is 16.5. The van der Waals surface area contributed by atoms with Crippen LogP contribution < -0.4 is 5.32 Å². The van der Waals surface area contributed by atoms with E-state index in [-0.39, 0.29) is 17.2 Å². The summed E-state index contributed by atoms with van der Waals surface area (Å²) in [7, 11) is 0. The third kappa shape index (κ3) is 4.25. The Labute approximate surface area is 165 Å². The van der Waals surface area contributed by atoms with E-state index in [9.17, 15) is 9.59 Å². The molecule has 1 N–H and O–H groups in total. The number of benzene rings is 1. The fourth-order valence-electron chi connectivity index (χ4n) is 3.25. The molecule has 1 unspecified atom stereocenters. The minimum Gasteiger partial charge on any atom is -0.378 e. The molecule has 0 bridgehead atoms. The summed E-state index contributed by atoms with van der Waals surface area (Å²) in [5.74, 6) is -0.0681. The first-order valence-electron chi connectivity index (χ1n) is 9.48. The lowest BCUT2D eigenvalue weighted by Crippen LogP contribution is -2.47. The van der Waals surface area contributed by atoms with Gasteiger partial charge >= 0.3 is 0 Å². The molecule has 7 nitrogen and oxygen atoms in total. The molecule has 0 radical (unpaired) electrons. The number of aryl methyl sites for hydroxylation is 1. The number of hydrogen-bond donors (Lipinski definition) is 1. The molecule has 28 heavy (non-hydrogen) atoms. The van der Waals surface area contributed by atoms with Crippen LogP contribution in [0.1, 0.15) is 54.2 Å². The molecule has 1 aromatic carbocycles. The van der Waals surface area contributed by atoms with Crippen LogP contribution in [0.25, 0.3) is 0 Å². The zero-order valence-electron chi connectivity index (χ0n) is 16.8. The predicted octanol–water partition coefficient (Wildman–Crippen LogP) is 2.61. The fraction of sp³-hybridized carbons (Fsp3) is 0.476. The van der Waals surface area contributed by atoms with Crippen LogP contribution in [-0.2, 0) is 14.9 Å². The van der Waals surface area contributed by atoms with Gasteiger partial charge in [0.05, 0.1) is 13.2 Å². The maximum Gasteiger partial charge on any atom is 0.257 e. The van der Waals surface area contributed by atoms with Gasteiger partial charge in [0.25, 0.3) is 5.91 Å². The smallest absolute Gasteiger partial charge is 0.257 e. The van der Waals surface area contributed by atoms with E-state index in [1.165, 1.54) is 0 Å². The van der Waals surface area contributed by atoms with E-state index < -0.39 is 6.04 Å². The number of nitrogens with one attached hydrogen (secondary N) is 1. The van der Waals surface area contributed by atoms with Crippen LogP contribution in [0.3, 0.4) is 0 Å². The van der Waals surface area contributed by atoms with Crippen LogP contribution >= 0.6 is 0 Å². The lowest BCUT2D eigenvalue weighted by Gasteiger charge is -2.31. The highest BCUT2D eigenvalue weighted by molar-refractivity contribution is 5.99. The van der Waals surface area contributed by atoms with Gasteiger partial charge in [0.15, 0.2) is 0 Å². The molecule has 1 atom stereocenters. The van der Waals surface area contributed by atoms with Crippen molar-refractivity contribution in [2.24, 2.45) is 0 Å². The Balaban J connectivity index is 1.91. The highest BCUT2D eigenvalue weighted by Crippen LogP contribution is 2.28. The minimum absolute atomic E-state index is 0.144. The lowest BCUT2D eigenvalue weighted by atomic mass is 9.88. The van der Waals surface area contributed by atoms with Crippen LogP contribution in [-0.4, -0.2) is 48.2 Å². The van der Waals surface area contributed by atoms with Crippen molar-refractivity contribution in [1.29, 1.82) is 0 Å². The number of nitrogens with zero attached hydrogens (tertiary/aromatic N) is 2. The number of hydrogen-bond acceptors (Lipinski definition) is 5. The Kier molecular flexibility index (Phi) is 5.84. The van der Waals surface area contributed by atoms with E-state index in [0.29, 0.717) is 43.3 Å². The molecule has 1 saturated heterocycles. The fourth-order valence-corrected chi connectivity index (χ4v) is 3.25. The molecule has 2 aromatic rings. The first-order chi connectivity index (χ1) is 13.3. The number of carbonyl (C=O) groups is 2. The predicted molar refractivity (Wildman–Crippen MR) is 104 cm³/mol. The maximum atomic E-state index is 13.2. The van der Waals surface area contributed by atoms with E-state index in [1.807, 2.05) is 51.1 Å². The Morgan fingerprint density at radius 1 is 1.14 bits per heavy atom. The van der Waals surface area contributed by atoms with Crippen molar-refractivity contribution in [3.8, 4) is 0 Å². The zero-order valence-corrected chi connectivity index (χ0v) is 16.8. The number of carbonyl (C=O) groups excluding carboxylic acids is 2. The molecule has 0 aliphatic carbocycles. The summed E-state index contributed by atoms with van der Waals surface area (Å²) in [4.78, 5) is 28.1. The van der Waals surface area contributed by atoms with Crippen LogP contribution in [0.4, 0.5) is 0 Å². The van der Waals surface area contributed by atoms with Gasteiger partial charge in [0, 0.05) is 18.5 Å². The summed E-state index contributed by atoms with van der Waals surface area (Å²) in [6.07, 6.45) is 0. The van der Waals surface area contributed by atoms with Gasteiger partial charge in [-0.25, -0.2) is 0 Å². The van der Waals surface area contributed by atoms with E-state index in [2.05, 4.69) is 10.5 Å². The quantitative estimate of drug-likeness (QED) is 0.875. The molecule has 150 valence electrons. The van der Waals surface area contributed by atoms with E-state index in [1.54, 1.807) is 11.8 Å². The average Bonchev–Trinajstić information content (AvgIpc) is 3.09. The van der Waals surface area contributed by atoms with Crippen molar-refractivity contribution >= 4 is 11.8 Å². The summed E-state index contributed by atoms with van der Waals surface area (Å²) in [5.41, 5.74) is 1.34.